The van der Waals surface area contributed by atoms with Gasteiger partial charge in [0.15, 0.2) is 5.82 Å². The van der Waals surface area contributed by atoms with Crippen molar-refractivity contribution in [2.24, 2.45) is 0 Å². The van der Waals surface area contributed by atoms with E-state index in [2.05, 4.69) is 20.3 Å². The fraction of sp³-hybridized carbons (Fsp3) is 0.294. The maximum Gasteiger partial charge on any atom is 0.272 e. The van der Waals surface area contributed by atoms with Gasteiger partial charge < -0.3 is 14.2 Å². The molecule has 0 unspecified atom stereocenters. The van der Waals surface area contributed by atoms with E-state index in [1.807, 2.05) is 30.3 Å². The fourth-order valence-electron chi connectivity index (χ4n) is 2.85. The molecule has 4 rings (SSSR count). The van der Waals surface area contributed by atoms with Gasteiger partial charge in [-0.05, 0) is 6.07 Å². The number of aryl methyl sites for hydroxylation is 1. The quantitative estimate of drug-likeness (QED) is 0.784. The number of hydrogen-bond donors (Lipinski definition) is 1. The van der Waals surface area contributed by atoms with E-state index in [1.54, 1.807) is 17.9 Å². The lowest BCUT2D eigenvalue weighted by atomic mass is 10.1. The van der Waals surface area contributed by atoms with E-state index in [1.165, 1.54) is 0 Å². The third-order valence-corrected chi connectivity index (χ3v) is 4.11. The Bertz CT molecular complexity index is 873. The number of H-pyrrole nitrogens is 1. The minimum absolute atomic E-state index is 0.162. The summed E-state index contributed by atoms with van der Waals surface area (Å²) in [5, 5.41) is 11.0. The Balaban J connectivity index is 1.60. The smallest absolute Gasteiger partial charge is 0.272 e. The monoisotopic (exact) mass is 339 g/mol. The van der Waals surface area contributed by atoms with Crippen LogP contribution in [0.3, 0.4) is 0 Å². The molecule has 1 N–H and O–H groups in total. The Morgan fingerprint density at radius 3 is 2.92 bits per heavy atom. The Morgan fingerprint density at radius 1 is 1.32 bits per heavy atom. The molecule has 0 saturated carbocycles. The van der Waals surface area contributed by atoms with Crippen molar-refractivity contribution in [1.29, 1.82) is 0 Å². The molecule has 1 aliphatic heterocycles. The normalized spacial score (nSPS) is 17.6. The van der Waals surface area contributed by atoms with Gasteiger partial charge in [-0.2, -0.15) is 10.1 Å². The van der Waals surface area contributed by atoms with Crippen molar-refractivity contribution in [2.75, 3.05) is 19.8 Å². The lowest BCUT2D eigenvalue weighted by Crippen LogP contribution is -2.44. The number of rotatable bonds is 3. The van der Waals surface area contributed by atoms with Crippen LogP contribution >= 0.6 is 0 Å². The molecule has 3 heterocycles. The third kappa shape index (κ3) is 3.03. The lowest BCUT2D eigenvalue weighted by molar-refractivity contribution is -0.00607. The SMILES string of the molecule is Cc1nc([C@@H]2COCCN2C(=O)c2cc(-c3ccccc3)n[nH]2)no1. The van der Waals surface area contributed by atoms with Crippen molar-refractivity contribution in [1.82, 2.24) is 25.2 Å². The van der Waals surface area contributed by atoms with E-state index in [9.17, 15) is 4.79 Å². The molecular formula is C17H17N5O3. The second-order valence-electron chi connectivity index (χ2n) is 5.79. The zero-order chi connectivity index (χ0) is 17.2. The summed E-state index contributed by atoms with van der Waals surface area (Å²) in [4.78, 5) is 18.9. The molecule has 1 aromatic carbocycles. The summed E-state index contributed by atoms with van der Waals surface area (Å²) in [6.45, 7) is 2.98. The number of ether oxygens (including phenoxy) is 1. The standard InChI is InChI=1S/C17H17N5O3/c1-11-18-16(21-25-11)15-10-24-8-7-22(15)17(23)14-9-13(19-20-14)12-5-3-2-4-6-12/h2-6,9,15H,7-8,10H2,1H3,(H,19,20)/t15-/m0/s1. The molecule has 0 bridgehead atoms. The van der Waals surface area contributed by atoms with Gasteiger partial charge in [0.2, 0.25) is 5.89 Å². The van der Waals surface area contributed by atoms with E-state index in [-0.39, 0.29) is 11.9 Å². The van der Waals surface area contributed by atoms with Gasteiger partial charge in [-0.1, -0.05) is 35.5 Å². The van der Waals surface area contributed by atoms with E-state index in [4.69, 9.17) is 9.26 Å². The van der Waals surface area contributed by atoms with Crippen LogP contribution in [0.5, 0.6) is 0 Å². The van der Waals surface area contributed by atoms with Crippen LogP contribution < -0.4 is 0 Å². The summed E-state index contributed by atoms with van der Waals surface area (Å²) in [5.41, 5.74) is 2.10. The molecule has 1 aliphatic rings. The highest BCUT2D eigenvalue weighted by Gasteiger charge is 2.33. The van der Waals surface area contributed by atoms with Crippen molar-refractivity contribution in [3.63, 3.8) is 0 Å². The number of aromatic nitrogens is 4. The summed E-state index contributed by atoms with van der Waals surface area (Å²) in [7, 11) is 0. The molecular weight excluding hydrogens is 322 g/mol. The minimum atomic E-state index is -0.373. The Hall–Kier alpha value is -3.00. The Labute approximate surface area is 143 Å². The minimum Gasteiger partial charge on any atom is -0.377 e. The highest BCUT2D eigenvalue weighted by Crippen LogP contribution is 2.25. The van der Waals surface area contributed by atoms with Crippen LogP contribution in [0.15, 0.2) is 40.9 Å². The zero-order valence-electron chi connectivity index (χ0n) is 13.7. The summed E-state index contributed by atoms with van der Waals surface area (Å²) in [6, 6.07) is 11.1. The van der Waals surface area contributed by atoms with Gasteiger partial charge in [-0.3, -0.25) is 9.89 Å². The summed E-state index contributed by atoms with van der Waals surface area (Å²) in [5.74, 6) is 0.750. The van der Waals surface area contributed by atoms with Gasteiger partial charge in [0.05, 0.1) is 18.9 Å². The van der Waals surface area contributed by atoms with Crippen LogP contribution in [0.2, 0.25) is 0 Å². The second kappa shape index (κ2) is 6.48. The molecule has 0 spiro atoms. The number of benzene rings is 1. The third-order valence-electron chi connectivity index (χ3n) is 4.11. The molecule has 1 fully saturated rings. The first kappa shape index (κ1) is 15.5. The molecule has 1 atom stereocenters. The van der Waals surface area contributed by atoms with Crippen molar-refractivity contribution < 1.29 is 14.1 Å². The van der Waals surface area contributed by atoms with Gasteiger partial charge in [-0.15, -0.1) is 0 Å². The van der Waals surface area contributed by atoms with Crippen LogP contribution in [0, 0.1) is 6.92 Å². The second-order valence-corrected chi connectivity index (χ2v) is 5.79. The predicted molar refractivity (Wildman–Crippen MR) is 87.7 cm³/mol. The molecule has 8 nitrogen and oxygen atoms in total. The molecule has 128 valence electrons. The van der Waals surface area contributed by atoms with Crippen LogP contribution in [-0.4, -0.2) is 50.9 Å². The van der Waals surface area contributed by atoms with Gasteiger partial charge >= 0.3 is 0 Å². The summed E-state index contributed by atoms with van der Waals surface area (Å²) >= 11 is 0. The van der Waals surface area contributed by atoms with E-state index >= 15 is 0 Å². The average molecular weight is 339 g/mol. The Morgan fingerprint density at radius 2 is 2.16 bits per heavy atom. The largest absolute Gasteiger partial charge is 0.377 e. The average Bonchev–Trinajstić information content (AvgIpc) is 3.31. The molecule has 1 saturated heterocycles. The molecule has 0 aliphatic carbocycles. The first-order valence-corrected chi connectivity index (χ1v) is 8.02. The number of morpholine rings is 1. The van der Waals surface area contributed by atoms with E-state index in [0.29, 0.717) is 37.2 Å². The lowest BCUT2D eigenvalue weighted by Gasteiger charge is -2.33. The molecule has 2 aromatic heterocycles. The molecule has 8 heteroatoms. The predicted octanol–water partition coefficient (Wildman–Crippen LogP) is 1.98. The molecule has 3 aromatic rings. The number of hydrogen-bond acceptors (Lipinski definition) is 6. The highest BCUT2D eigenvalue weighted by atomic mass is 16.5. The van der Waals surface area contributed by atoms with Crippen molar-refractivity contribution in [3.8, 4) is 11.3 Å². The maximum atomic E-state index is 12.9. The maximum absolute atomic E-state index is 12.9. The Kier molecular flexibility index (Phi) is 4.02. The van der Waals surface area contributed by atoms with Crippen LogP contribution in [0.4, 0.5) is 0 Å². The van der Waals surface area contributed by atoms with Gasteiger partial charge in [0.25, 0.3) is 5.91 Å². The van der Waals surface area contributed by atoms with Crippen LogP contribution in [0.25, 0.3) is 11.3 Å². The fourth-order valence-corrected chi connectivity index (χ4v) is 2.85. The topological polar surface area (TPSA) is 97.1 Å². The number of carbonyl (C=O) groups is 1. The number of amides is 1. The molecule has 25 heavy (non-hydrogen) atoms. The highest BCUT2D eigenvalue weighted by molar-refractivity contribution is 5.93. The summed E-state index contributed by atoms with van der Waals surface area (Å²) in [6.07, 6.45) is 0. The van der Waals surface area contributed by atoms with Crippen LogP contribution in [-0.2, 0) is 4.74 Å². The number of carbonyl (C=O) groups excluding carboxylic acids is 1. The number of nitrogens with one attached hydrogen (secondary N) is 1. The van der Waals surface area contributed by atoms with Crippen molar-refractivity contribution in [3.05, 3.63) is 53.8 Å². The number of nitrogens with zero attached hydrogens (tertiary/aromatic N) is 4. The van der Waals surface area contributed by atoms with Gasteiger partial charge in [-0.25, -0.2) is 0 Å². The number of aromatic amines is 1. The first-order chi connectivity index (χ1) is 12.2. The van der Waals surface area contributed by atoms with Gasteiger partial charge in [0, 0.05) is 19.0 Å². The van der Waals surface area contributed by atoms with Crippen molar-refractivity contribution in [2.45, 2.75) is 13.0 Å². The molecule has 1 amide bonds. The first-order valence-electron chi connectivity index (χ1n) is 8.02. The summed E-state index contributed by atoms with van der Waals surface area (Å²) < 4.78 is 10.5. The van der Waals surface area contributed by atoms with E-state index < -0.39 is 0 Å². The molecule has 0 radical (unpaired) electrons. The van der Waals surface area contributed by atoms with Crippen LogP contribution in [0.1, 0.15) is 28.2 Å². The van der Waals surface area contributed by atoms with Crippen molar-refractivity contribution >= 4 is 5.91 Å². The van der Waals surface area contributed by atoms with Gasteiger partial charge in [0.1, 0.15) is 11.7 Å². The zero-order valence-corrected chi connectivity index (χ0v) is 13.7. The van der Waals surface area contributed by atoms with E-state index in [0.717, 1.165) is 11.3 Å².